The molecule has 1 atom stereocenters. The third-order valence-electron chi connectivity index (χ3n) is 6.01. The third kappa shape index (κ3) is 4.90. The highest BCUT2D eigenvalue weighted by molar-refractivity contribution is 7.22. The maximum atomic E-state index is 13.7. The molecule has 1 aliphatic heterocycles. The number of thiazole rings is 1. The second-order valence-electron chi connectivity index (χ2n) is 8.79. The van der Waals surface area contributed by atoms with Gasteiger partial charge in [-0.2, -0.15) is 0 Å². The number of hydrogen-bond donors (Lipinski definition) is 0. The zero-order chi connectivity index (χ0) is 24.4. The second kappa shape index (κ2) is 10.1. The molecule has 180 valence electrons. The lowest BCUT2D eigenvalue weighted by molar-refractivity contribution is -0.124. The van der Waals surface area contributed by atoms with Crippen LogP contribution in [0.3, 0.4) is 0 Å². The molecule has 1 unspecified atom stereocenters. The number of aromatic nitrogens is 1. The number of benzene rings is 2. The number of amides is 2. The smallest absolute Gasteiger partial charge is 0.234 e. The van der Waals surface area contributed by atoms with Gasteiger partial charge in [-0.05, 0) is 69.9 Å². The van der Waals surface area contributed by atoms with E-state index < -0.39 is 5.92 Å². The van der Waals surface area contributed by atoms with Crippen LogP contribution in [0.15, 0.2) is 36.4 Å². The van der Waals surface area contributed by atoms with Gasteiger partial charge in [0.1, 0.15) is 17.1 Å². The highest BCUT2D eigenvalue weighted by atomic mass is 32.1. The SMILES string of the molecule is COc1ccc(C)c2sc(N(CCCN(C)C)C(=O)C3CC(=O)N(c4ccc(F)cc4)C3)nc12. The largest absolute Gasteiger partial charge is 0.494 e. The fourth-order valence-electron chi connectivity index (χ4n) is 4.19. The molecule has 0 N–H and O–H groups in total. The minimum absolute atomic E-state index is 0.118. The van der Waals surface area contributed by atoms with Gasteiger partial charge in [-0.1, -0.05) is 17.4 Å². The number of methoxy groups -OCH3 is 1. The summed E-state index contributed by atoms with van der Waals surface area (Å²) in [4.78, 5) is 36.6. The van der Waals surface area contributed by atoms with Gasteiger partial charge in [-0.3, -0.25) is 14.5 Å². The first-order chi connectivity index (χ1) is 16.3. The standard InChI is InChI=1S/C25H29FN4O3S/c1-16-6-11-20(33-4)22-23(16)34-25(27-22)29(13-5-12-28(2)3)24(32)17-14-21(31)30(15-17)19-9-7-18(26)8-10-19/h6-11,17H,5,12-15H2,1-4H3. The Balaban J connectivity index is 1.63. The summed E-state index contributed by atoms with van der Waals surface area (Å²) in [6.45, 7) is 3.60. The molecular weight excluding hydrogens is 455 g/mol. The Labute approximate surface area is 202 Å². The Hall–Kier alpha value is -3.04. The molecule has 2 aromatic carbocycles. The average Bonchev–Trinajstić information content (AvgIpc) is 3.42. The quantitative estimate of drug-likeness (QED) is 0.482. The van der Waals surface area contributed by atoms with Crippen molar-refractivity contribution in [2.45, 2.75) is 19.8 Å². The third-order valence-corrected chi connectivity index (χ3v) is 7.22. The van der Waals surface area contributed by atoms with Gasteiger partial charge in [0.05, 0.1) is 17.7 Å². The number of anilines is 2. The molecule has 1 saturated heterocycles. The van der Waals surface area contributed by atoms with Gasteiger partial charge in [0, 0.05) is 25.2 Å². The van der Waals surface area contributed by atoms with Crippen LogP contribution in [0.25, 0.3) is 10.2 Å². The molecule has 2 amide bonds. The van der Waals surface area contributed by atoms with E-state index in [1.54, 1.807) is 29.0 Å². The zero-order valence-electron chi connectivity index (χ0n) is 19.9. The van der Waals surface area contributed by atoms with Crippen molar-refractivity contribution in [1.82, 2.24) is 9.88 Å². The molecule has 34 heavy (non-hydrogen) atoms. The van der Waals surface area contributed by atoms with Crippen LogP contribution in [0.4, 0.5) is 15.2 Å². The van der Waals surface area contributed by atoms with Crippen LogP contribution >= 0.6 is 11.3 Å². The van der Waals surface area contributed by atoms with Crippen LogP contribution in [0.2, 0.25) is 0 Å². The van der Waals surface area contributed by atoms with E-state index in [4.69, 9.17) is 9.72 Å². The number of hydrogen-bond acceptors (Lipinski definition) is 6. The van der Waals surface area contributed by atoms with Gasteiger partial charge in [0.15, 0.2) is 5.13 Å². The maximum Gasteiger partial charge on any atom is 0.234 e. The van der Waals surface area contributed by atoms with Crippen molar-refractivity contribution in [3.63, 3.8) is 0 Å². The lowest BCUT2D eigenvalue weighted by atomic mass is 10.1. The number of fused-ring (bicyclic) bond motifs is 1. The molecular formula is C25H29FN4O3S. The van der Waals surface area contributed by atoms with Crippen molar-refractivity contribution in [3.05, 3.63) is 47.8 Å². The molecule has 4 rings (SSSR count). The minimum Gasteiger partial charge on any atom is -0.494 e. The first-order valence-corrected chi connectivity index (χ1v) is 12.1. The van der Waals surface area contributed by atoms with Crippen LogP contribution in [0, 0.1) is 18.7 Å². The summed E-state index contributed by atoms with van der Waals surface area (Å²) in [6.07, 6.45) is 0.890. The number of rotatable bonds is 8. The molecule has 0 saturated carbocycles. The lowest BCUT2D eigenvalue weighted by Crippen LogP contribution is -2.39. The predicted molar refractivity (Wildman–Crippen MR) is 133 cm³/mol. The van der Waals surface area contributed by atoms with E-state index in [0.29, 0.717) is 23.1 Å². The van der Waals surface area contributed by atoms with Crippen LogP contribution in [-0.4, -0.2) is 62.5 Å². The number of halogens is 1. The molecule has 1 aliphatic rings. The highest BCUT2D eigenvalue weighted by Gasteiger charge is 2.38. The molecule has 0 bridgehead atoms. The summed E-state index contributed by atoms with van der Waals surface area (Å²) in [5.74, 6) is -0.446. The summed E-state index contributed by atoms with van der Waals surface area (Å²) in [6, 6.07) is 9.65. The molecule has 1 aromatic heterocycles. The van der Waals surface area contributed by atoms with Gasteiger partial charge in [-0.15, -0.1) is 0 Å². The monoisotopic (exact) mass is 484 g/mol. The Kier molecular flexibility index (Phi) is 7.13. The lowest BCUT2D eigenvalue weighted by Gasteiger charge is -2.24. The van der Waals surface area contributed by atoms with Crippen LogP contribution < -0.4 is 14.5 Å². The van der Waals surface area contributed by atoms with Crippen LogP contribution in [-0.2, 0) is 9.59 Å². The molecule has 7 nitrogen and oxygen atoms in total. The van der Waals surface area contributed by atoms with Crippen molar-refractivity contribution in [1.29, 1.82) is 0 Å². The van der Waals surface area contributed by atoms with E-state index in [1.165, 1.54) is 23.5 Å². The topological polar surface area (TPSA) is 66.0 Å². The Morgan fingerprint density at radius 3 is 2.62 bits per heavy atom. The second-order valence-corrected chi connectivity index (χ2v) is 9.76. The molecule has 1 fully saturated rings. The highest BCUT2D eigenvalue weighted by Crippen LogP contribution is 2.37. The Morgan fingerprint density at radius 2 is 1.94 bits per heavy atom. The molecule has 3 aromatic rings. The number of nitrogens with zero attached hydrogens (tertiary/aromatic N) is 4. The van der Waals surface area contributed by atoms with E-state index >= 15 is 0 Å². The van der Waals surface area contributed by atoms with Crippen molar-refractivity contribution >= 4 is 44.2 Å². The van der Waals surface area contributed by atoms with Crippen LogP contribution in [0.1, 0.15) is 18.4 Å². The summed E-state index contributed by atoms with van der Waals surface area (Å²) < 4.78 is 19.8. The summed E-state index contributed by atoms with van der Waals surface area (Å²) in [7, 11) is 5.60. The number of carbonyl (C=O) groups excluding carboxylic acids is 2. The van der Waals surface area contributed by atoms with Crippen molar-refractivity contribution in [3.8, 4) is 5.75 Å². The maximum absolute atomic E-state index is 13.7. The average molecular weight is 485 g/mol. The van der Waals surface area contributed by atoms with Gasteiger partial charge in [-0.25, -0.2) is 9.37 Å². The molecule has 9 heteroatoms. The predicted octanol–water partition coefficient (Wildman–Crippen LogP) is 4.09. The van der Waals surface area contributed by atoms with Gasteiger partial charge in [0.2, 0.25) is 11.8 Å². The normalized spacial score (nSPS) is 16.0. The zero-order valence-corrected chi connectivity index (χ0v) is 20.7. The summed E-state index contributed by atoms with van der Waals surface area (Å²) in [5, 5.41) is 0.610. The Morgan fingerprint density at radius 1 is 1.21 bits per heavy atom. The number of carbonyl (C=O) groups is 2. The molecule has 2 heterocycles. The van der Waals surface area contributed by atoms with E-state index in [2.05, 4.69) is 4.90 Å². The number of ether oxygens (including phenoxy) is 1. The van der Waals surface area contributed by atoms with E-state index in [-0.39, 0.29) is 30.6 Å². The van der Waals surface area contributed by atoms with Crippen molar-refractivity contribution < 1.29 is 18.7 Å². The van der Waals surface area contributed by atoms with Crippen molar-refractivity contribution in [2.75, 3.05) is 50.6 Å². The van der Waals surface area contributed by atoms with E-state index in [1.807, 2.05) is 33.2 Å². The first-order valence-electron chi connectivity index (χ1n) is 11.2. The Bertz CT molecular complexity index is 1190. The number of aryl methyl sites for hydroxylation is 1. The van der Waals surface area contributed by atoms with Gasteiger partial charge < -0.3 is 14.5 Å². The van der Waals surface area contributed by atoms with Crippen molar-refractivity contribution in [2.24, 2.45) is 5.92 Å². The van der Waals surface area contributed by atoms with E-state index in [9.17, 15) is 14.0 Å². The summed E-state index contributed by atoms with van der Waals surface area (Å²) in [5.41, 5.74) is 2.41. The van der Waals surface area contributed by atoms with Gasteiger partial charge >= 0.3 is 0 Å². The first kappa shape index (κ1) is 24.1. The fraction of sp³-hybridized carbons (Fsp3) is 0.400. The van der Waals surface area contributed by atoms with E-state index in [0.717, 1.165) is 28.7 Å². The summed E-state index contributed by atoms with van der Waals surface area (Å²) >= 11 is 1.47. The minimum atomic E-state index is -0.494. The van der Waals surface area contributed by atoms with Gasteiger partial charge in [0.25, 0.3) is 0 Å². The molecule has 0 radical (unpaired) electrons. The molecule has 0 spiro atoms. The van der Waals surface area contributed by atoms with Crippen LogP contribution in [0.5, 0.6) is 5.75 Å². The molecule has 0 aliphatic carbocycles. The fourth-order valence-corrected chi connectivity index (χ4v) is 5.27.